The molecule has 0 fully saturated rings. The van der Waals surface area contributed by atoms with Gasteiger partial charge in [0.15, 0.2) is 0 Å². The summed E-state index contributed by atoms with van der Waals surface area (Å²) < 4.78 is 4.96. The number of carbonyl (C=O) groups excluding carboxylic acids is 1. The van der Waals surface area contributed by atoms with E-state index in [1.165, 1.54) is 11.3 Å². The van der Waals surface area contributed by atoms with Crippen molar-refractivity contribution in [3.63, 3.8) is 0 Å². The molecule has 1 aromatic rings. The number of aromatic nitrogens is 1. The van der Waals surface area contributed by atoms with E-state index in [9.17, 15) is 9.59 Å². The number of carbonyl (C=O) groups is 2. The van der Waals surface area contributed by atoms with E-state index in [0.29, 0.717) is 35.0 Å². The zero-order chi connectivity index (χ0) is 14.4. The van der Waals surface area contributed by atoms with Crippen molar-refractivity contribution in [2.75, 3.05) is 7.11 Å². The number of nitrogens with zero attached hydrogens (tertiary/aromatic N) is 1. The summed E-state index contributed by atoms with van der Waals surface area (Å²) >= 11 is 1.22. The van der Waals surface area contributed by atoms with Gasteiger partial charge in [-0.2, -0.15) is 0 Å². The van der Waals surface area contributed by atoms with Crippen LogP contribution in [-0.2, 0) is 16.1 Å². The number of methoxy groups -OCH3 is 1. The number of aliphatic carboxylic acids is 1. The van der Waals surface area contributed by atoms with Crippen molar-refractivity contribution in [3.8, 4) is 0 Å². The number of thiazole rings is 1. The first-order valence-corrected chi connectivity index (χ1v) is 6.80. The van der Waals surface area contributed by atoms with Crippen LogP contribution in [0.1, 0.15) is 40.1 Å². The van der Waals surface area contributed by atoms with Gasteiger partial charge in [0.1, 0.15) is 15.9 Å². The Balaban J connectivity index is 2.79. The van der Waals surface area contributed by atoms with Gasteiger partial charge in [-0.3, -0.25) is 4.79 Å². The molecule has 0 aliphatic carbocycles. The van der Waals surface area contributed by atoms with E-state index in [2.05, 4.69) is 10.3 Å². The predicted octanol–water partition coefficient (Wildman–Crippen LogP) is 1.58. The molecule has 0 saturated carbocycles. The van der Waals surface area contributed by atoms with Crippen LogP contribution in [-0.4, -0.2) is 35.1 Å². The minimum absolute atomic E-state index is 0.343. The number of amides is 1. The van der Waals surface area contributed by atoms with Crippen molar-refractivity contribution in [2.24, 2.45) is 0 Å². The number of carboxylic acid groups (broad SMARTS) is 1. The number of ether oxygens (including phenoxy) is 1. The maximum Gasteiger partial charge on any atom is 0.326 e. The van der Waals surface area contributed by atoms with Gasteiger partial charge in [0.05, 0.1) is 12.3 Å². The van der Waals surface area contributed by atoms with Crippen LogP contribution in [0.5, 0.6) is 0 Å². The molecule has 1 aromatic heterocycles. The maximum absolute atomic E-state index is 12.0. The van der Waals surface area contributed by atoms with Gasteiger partial charge in [0.2, 0.25) is 0 Å². The summed E-state index contributed by atoms with van der Waals surface area (Å²) in [6, 6.07) is -0.857. The molecular weight excluding hydrogens is 268 g/mol. The normalized spacial score (nSPS) is 12.2. The number of hydrogen-bond acceptors (Lipinski definition) is 5. The standard InChI is InChI=1S/C12H18N2O4S/c1-4-5-8(12(16)17)14-11(15)10-7(2)13-9(19-10)6-18-3/h8H,4-6H2,1-3H3,(H,14,15)(H,16,17). The largest absolute Gasteiger partial charge is 0.480 e. The Morgan fingerprint density at radius 3 is 2.74 bits per heavy atom. The average molecular weight is 286 g/mol. The second-order valence-corrected chi connectivity index (χ2v) is 5.19. The Morgan fingerprint density at radius 2 is 2.21 bits per heavy atom. The molecule has 0 spiro atoms. The van der Waals surface area contributed by atoms with E-state index in [4.69, 9.17) is 9.84 Å². The van der Waals surface area contributed by atoms with Crippen LogP contribution in [0.2, 0.25) is 0 Å². The molecule has 1 amide bonds. The Hall–Kier alpha value is -1.47. The number of aryl methyl sites for hydroxylation is 1. The molecule has 0 radical (unpaired) electrons. The molecular formula is C12H18N2O4S. The Bertz CT molecular complexity index is 459. The zero-order valence-corrected chi connectivity index (χ0v) is 12.0. The van der Waals surface area contributed by atoms with Crippen LogP contribution in [0.15, 0.2) is 0 Å². The molecule has 0 aliphatic rings. The lowest BCUT2D eigenvalue weighted by molar-refractivity contribution is -0.139. The van der Waals surface area contributed by atoms with Gasteiger partial charge < -0.3 is 15.2 Å². The summed E-state index contributed by atoms with van der Waals surface area (Å²) in [6.45, 7) is 3.94. The fourth-order valence-corrected chi connectivity index (χ4v) is 2.56. The monoisotopic (exact) mass is 286 g/mol. The fraction of sp³-hybridized carbons (Fsp3) is 0.583. The Morgan fingerprint density at radius 1 is 1.53 bits per heavy atom. The molecule has 1 heterocycles. The SMILES string of the molecule is CCCC(NC(=O)c1sc(COC)nc1C)C(=O)O. The summed E-state index contributed by atoms with van der Waals surface area (Å²) in [6.07, 6.45) is 1.09. The molecule has 1 unspecified atom stereocenters. The van der Waals surface area contributed by atoms with E-state index >= 15 is 0 Å². The molecule has 0 bridgehead atoms. The Kier molecular flexibility index (Phi) is 5.91. The molecule has 1 rings (SSSR count). The highest BCUT2D eigenvalue weighted by atomic mass is 32.1. The lowest BCUT2D eigenvalue weighted by Crippen LogP contribution is -2.40. The second-order valence-electron chi connectivity index (χ2n) is 4.11. The highest BCUT2D eigenvalue weighted by molar-refractivity contribution is 7.13. The molecule has 2 N–H and O–H groups in total. The van der Waals surface area contributed by atoms with Crippen molar-refractivity contribution < 1.29 is 19.4 Å². The van der Waals surface area contributed by atoms with Gasteiger partial charge in [-0.05, 0) is 13.3 Å². The fourth-order valence-electron chi connectivity index (χ4n) is 1.62. The number of nitrogens with one attached hydrogen (secondary N) is 1. The maximum atomic E-state index is 12.0. The predicted molar refractivity (Wildman–Crippen MR) is 71.4 cm³/mol. The van der Waals surface area contributed by atoms with Crippen molar-refractivity contribution in [2.45, 2.75) is 39.3 Å². The average Bonchev–Trinajstić information content (AvgIpc) is 2.70. The highest BCUT2D eigenvalue weighted by Crippen LogP contribution is 2.19. The third kappa shape index (κ3) is 4.29. The molecule has 1 atom stereocenters. The molecule has 0 aliphatic heterocycles. The molecule has 0 aromatic carbocycles. The van der Waals surface area contributed by atoms with Gasteiger partial charge in [-0.25, -0.2) is 9.78 Å². The van der Waals surface area contributed by atoms with Crippen LogP contribution >= 0.6 is 11.3 Å². The van der Waals surface area contributed by atoms with Crippen LogP contribution in [0, 0.1) is 6.92 Å². The quantitative estimate of drug-likeness (QED) is 0.794. The minimum atomic E-state index is -1.02. The third-order valence-corrected chi connectivity index (χ3v) is 3.63. The lowest BCUT2D eigenvalue weighted by Gasteiger charge is -2.12. The smallest absolute Gasteiger partial charge is 0.326 e. The number of rotatable bonds is 7. The number of carboxylic acids is 1. The second kappa shape index (κ2) is 7.20. The Labute approximate surface area is 115 Å². The van der Waals surface area contributed by atoms with Gasteiger partial charge in [0.25, 0.3) is 5.91 Å². The van der Waals surface area contributed by atoms with Crippen molar-refractivity contribution in [1.82, 2.24) is 10.3 Å². The molecule has 19 heavy (non-hydrogen) atoms. The molecule has 106 valence electrons. The molecule has 7 heteroatoms. The molecule has 6 nitrogen and oxygen atoms in total. The first-order valence-electron chi connectivity index (χ1n) is 5.98. The third-order valence-electron chi connectivity index (χ3n) is 2.50. The van der Waals surface area contributed by atoms with E-state index in [-0.39, 0.29) is 0 Å². The zero-order valence-electron chi connectivity index (χ0n) is 11.2. The molecule has 0 saturated heterocycles. The van der Waals surface area contributed by atoms with E-state index in [1.807, 2.05) is 6.92 Å². The van der Waals surface area contributed by atoms with Crippen LogP contribution in [0.25, 0.3) is 0 Å². The summed E-state index contributed by atoms with van der Waals surface area (Å²) in [5, 5.41) is 12.2. The van der Waals surface area contributed by atoms with Gasteiger partial charge >= 0.3 is 5.97 Å². The first kappa shape index (κ1) is 15.6. The van der Waals surface area contributed by atoms with Crippen molar-refractivity contribution >= 4 is 23.2 Å². The summed E-state index contributed by atoms with van der Waals surface area (Å²) in [4.78, 5) is 27.7. The van der Waals surface area contributed by atoms with Crippen LogP contribution in [0.4, 0.5) is 0 Å². The van der Waals surface area contributed by atoms with Gasteiger partial charge in [0, 0.05) is 7.11 Å². The van der Waals surface area contributed by atoms with Gasteiger partial charge in [-0.1, -0.05) is 13.3 Å². The van der Waals surface area contributed by atoms with Gasteiger partial charge in [-0.15, -0.1) is 11.3 Å². The lowest BCUT2D eigenvalue weighted by atomic mass is 10.1. The number of hydrogen-bond donors (Lipinski definition) is 2. The van der Waals surface area contributed by atoms with Crippen LogP contribution < -0.4 is 5.32 Å². The minimum Gasteiger partial charge on any atom is -0.480 e. The van der Waals surface area contributed by atoms with E-state index in [1.54, 1.807) is 14.0 Å². The van der Waals surface area contributed by atoms with E-state index < -0.39 is 17.9 Å². The topological polar surface area (TPSA) is 88.5 Å². The van der Waals surface area contributed by atoms with Crippen molar-refractivity contribution in [3.05, 3.63) is 15.6 Å². The summed E-state index contributed by atoms with van der Waals surface area (Å²) in [5.41, 5.74) is 0.593. The van der Waals surface area contributed by atoms with E-state index in [0.717, 1.165) is 0 Å². The van der Waals surface area contributed by atoms with Crippen molar-refractivity contribution in [1.29, 1.82) is 0 Å². The first-order chi connectivity index (χ1) is 8.99. The summed E-state index contributed by atoms with van der Waals surface area (Å²) in [7, 11) is 1.55. The highest BCUT2D eigenvalue weighted by Gasteiger charge is 2.22. The summed E-state index contributed by atoms with van der Waals surface area (Å²) in [5.74, 6) is -1.41. The van der Waals surface area contributed by atoms with Crippen LogP contribution in [0.3, 0.4) is 0 Å².